The minimum absolute atomic E-state index is 0.114. The minimum atomic E-state index is -0.656. The van der Waals surface area contributed by atoms with Crippen LogP contribution in [0.25, 0.3) is 0 Å². The molecule has 1 atom stereocenters. The maximum atomic E-state index is 12.8. The van der Waals surface area contributed by atoms with E-state index < -0.39 is 6.04 Å². The van der Waals surface area contributed by atoms with Gasteiger partial charge in [-0.05, 0) is 43.4 Å². The standard InChI is InChI=1S/C17H22N2O4/c1-11(20)18-16(10-12-2-6-14(21)7-3-12)17(22)19-13-4-8-15(23-19)9-5-13/h2-3,6-7,13,15-16,21H,4-5,8-10H2,1H3,(H,18,20)/t13?,15?,16-/m0/s1. The molecule has 1 aromatic rings. The molecule has 0 unspecified atom stereocenters. The van der Waals surface area contributed by atoms with Gasteiger partial charge in [0.1, 0.15) is 11.8 Å². The van der Waals surface area contributed by atoms with E-state index in [1.807, 2.05) is 0 Å². The fourth-order valence-corrected chi connectivity index (χ4v) is 3.33. The van der Waals surface area contributed by atoms with Crippen LogP contribution in [0.3, 0.4) is 0 Å². The van der Waals surface area contributed by atoms with Gasteiger partial charge >= 0.3 is 0 Å². The van der Waals surface area contributed by atoms with Gasteiger partial charge in [-0.15, -0.1) is 0 Å². The third kappa shape index (κ3) is 3.64. The zero-order valence-corrected chi connectivity index (χ0v) is 13.2. The van der Waals surface area contributed by atoms with Gasteiger partial charge in [0.25, 0.3) is 5.91 Å². The number of fused-ring (bicyclic) bond motifs is 3. The number of hydroxylamine groups is 2. The number of phenolic OH excluding ortho intramolecular Hbond substituents is 1. The molecule has 1 aromatic carbocycles. The number of carbonyl (C=O) groups excluding carboxylic acids is 2. The van der Waals surface area contributed by atoms with E-state index in [0.717, 1.165) is 31.2 Å². The summed E-state index contributed by atoms with van der Waals surface area (Å²) in [4.78, 5) is 30.1. The summed E-state index contributed by atoms with van der Waals surface area (Å²) < 4.78 is 0. The van der Waals surface area contributed by atoms with Gasteiger partial charge in [-0.25, -0.2) is 5.06 Å². The van der Waals surface area contributed by atoms with E-state index in [-0.39, 0.29) is 29.7 Å². The first-order chi connectivity index (χ1) is 11.0. The monoisotopic (exact) mass is 318 g/mol. The van der Waals surface area contributed by atoms with Crippen molar-refractivity contribution in [2.24, 2.45) is 0 Å². The van der Waals surface area contributed by atoms with Crippen LogP contribution in [0.15, 0.2) is 24.3 Å². The average molecular weight is 318 g/mol. The zero-order chi connectivity index (χ0) is 16.4. The Bertz CT molecular complexity index is 579. The normalized spacial score (nSPS) is 24.3. The van der Waals surface area contributed by atoms with Crippen molar-refractivity contribution in [1.82, 2.24) is 10.4 Å². The van der Waals surface area contributed by atoms with Gasteiger partial charge in [0.2, 0.25) is 5.91 Å². The van der Waals surface area contributed by atoms with Crippen molar-refractivity contribution in [3.8, 4) is 5.75 Å². The van der Waals surface area contributed by atoms with Crippen molar-refractivity contribution in [2.75, 3.05) is 0 Å². The highest BCUT2D eigenvalue weighted by molar-refractivity contribution is 5.86. The van der Waals surface area contributed by atoms with E-state index in [0.29, 0.717) is 6.42 Å². The van der Waals surface area contributed by atoms with Crippen LogP contribution in [0.4, 0.5) is 0 Å². The summed E-state index contributed by atoms with van der Waals surface area (Å²) in [5, 5.41) is 13.6. The highest BCUT2D eigenvalue weighted by Gasteiger charge is 2.40. The largest absolute Gasteiger partial charge is 0.508 e. The molecule has 0 aromatic heterocycles. The molecule has 6 nitrogen and oxygen atoms in total. The van der Waals surface area contributed by atoms with E-state index in [1.165, 1.54) is 12.0 Å². The maximum absolute atomic E-state index is 12.8. The molecule has 2 bridgehead atoms. The molecule has 2 aliphatic heterocycles. The number of hydrogen-bond donors (Lipinski definition) is 2. The fourth-order valence-electron chi connectivity index (χ4n) is 3.33. The molecule has 3 fully saturated rings. The van der Waals surface area contributed by atoms with Crippen molar-refractivity contribution in [3.05, 3.63) is 29.8 Å². The molecular formula is C17H22N2O4. The predicted molar refractivity (Wildman–Crippen MR) is 83.4 cm³/mol. The number of nitrogens with zero attached hydrogens (tertiary/aromatic N) is 1. The highest BCUT2D eigenvalue weighted by Crippen LogP contribution is 2.33. The number of aromatic hydroxyl groups is 1. The number of nitrogens with one attached hydrogen (secondary N) is 1. The van der Waals surface area contributed by atoms with Crippen LogP contribution >= 0.6 is 0 Å². The van der Waals surface area contributed by atoms with Crippen LogP contribution in [0, 0.1) is 0 Å². The molecule has 1 saturated carbocycles. The molecule has 2 saturated heterocycles. The number of phenols is 1. The summed E-state index contributed by atoms with van der Waals surface area (Å²) in [6, 6.07) is 6.11. The van der Waals surface area contributed by atoms with Crippen LogP contribution in [-0.4, -0.2) is 40.2 Å². The molecule has 2 N–H and O–H groups in total. The Labute approximate surface area is 135 Å². The van der Waals surface area contributed by atoms with Gasteiger partial charge in [0.05, 0.1) is 12.1 Å². The Hall–Kier alpha value is -2.08. The van der Waals surface area contributed by atoms with Crippen LogP contribution in [-0.2, 0) is 20.8 Å². The average Bonchev–Trinajstić information content (AvgIpc) is 2.56. The van der Waals surface area contributed by atoms with E-state index >= 15 is 0 Å². The van der Waals surface area contributed by atoms with Gasteiger partial charge in [-0.2, -0.15) is 0 Å². The number of benzene rings is 1. The summed E-state index contributed by atoms with van der Waals surface area (Å²) in [6.07, 6.45) is 4.41. The Balaban J connectivity index is 1.73. The first-order valence-electron chi connectivity index (χ1n) is 8.08. The number of amides is 2. The molecule has 124 valence electrons. The first-order valence-corrected chi connectivity index (χ1v) is 8.08. The van der Waals surface area contributed by atoms with Gasteiger partial charge in [0, 0.05) is 13.3 Å². The molecule has 0 radical (unpaired) electrons. The molecule has 2 heterocycles. The lowest BCUT2D eigenvalue weighted by Crippen LogP contribution is -2.57. The molecule has 1 aliphatic carbocycles. The van der Waals surface area contributed by atoms with E-state index in [4.69, 9.17) is 4.84 Å². The number of hydrogen-bond acceptors (Lipinski definition) is 4. The summed E-state index contributed by atoms with van der Waals surface area (Å²) in [7, 11) is 0. The van der Waals surface area contributed by atoms with Gasteiger partial charge < -0.3 is 10.4 Å². The Morgan fingerprint density at radius 1 is 1.26 bits per heavy atom. The smallest absolute Gasteiger partial charge is 0.269 e. The Morgan fingerprint density at radius 3 is 2.43 bits per heavy atom. The van der Waals surface area contributed by atoms with Gasteiger partial charge in [-0.3, -0.25) is 14.4 Å². The summed E-state index contributed by atoms with van der Waals surface area (Å²) >= 11 is 0. The van der Waals surface area contributed by atoms with Crippen molar-refractivity contribution in [3.63, 3.8) is 0 Å². The van der Waals surface area contributed by atoms with Gasteiger partial charge in [0.15, 0.2) is 0 Å². The van der Waals surface area contributed by atoms with Gasteiger partial charge in [-0.1, -0.05) is 12.1 Å². The minimum Gasteiger partial charge on any atom is -0.508 e. The second-order valence-corrected chi connectivity index (χ2v) is 6.32. The van der Waals surface area contributed by atoms with Crippen molar-refractivity contribution >= 4 is 11.8 Å². The molecule has 3 aliphatic rings. The third-order valence-corrected chi connectivity index (χ3v) is 4.51. The lowest BCUT2D eigenvalue weighted by molar-refractivity contribution is -0.264. The number of carbonyl (C=O) groups is 2. The molecule has 6 heteroatoms. The second kappa shape index (κ2) is 6.58. The van der Waals surface area contributed by atoms with Crippen LogP contribution in [0.1, 0.15) is 38.2 Å². The van der Waals surface area contributed by atoms with Crippen LogP contribution in [0.5, 0.6) is 5.75 Å². The quantitative estimate of drug-likeness (QED) is 0.882. The molecule has 4 rings (SSSR count). The van der Waals surface area contributed by atoms with E-state index in [2.05, 4.69) is 5.32 Å². The van der Waals surface area contributed by atoms with Crippen LogP contribution < -0.4 is 5.32 Å². The summed E-state index contributed by atoms with van der Waals surface area (Å²) in [5.74, 6) is -0.264. The highest BCUT2D eigenvalue weighted by atomic mass is 16.7. The summed E-state index contributed by atoms with van der Waals surface area (Å²) in [6.45, 7) is 1.40. The SMILES string of the molecule is CC(=O)N[C@@H](Cc1ccc(O)cc1)C(=O)N1OC2CCC1CC2. The topological polar surface area (TPSA) is 78.9 Å². The van der Waals surface area contributed by atoms with Crippen LogP contribution in [0.2, 0.25) is 0 Å². The Morgan fingerprint density at radius 2 is 1.91 bits per heavy atom. The first kappa shape index (κ1) is 15.8. The van der Waals surface area contributed by atoms with E-state index in [1.54, 1.807) is 24.3 Å². The van der Waals surface area contributed by atoms with E-state index in [9.17, 15) is 14.7 Å². The van der Waals surface area contributed by atoms with Crippen molar-refractivity contribution < 1.29 is 19.5 Å². The van der Waals surface area contributed by atoms with Crippen molar-refractivity contribution in [1.29, 1.82) is 0 Å². The Kier molecular flexibility index (Phi) is 4.52. The lowest BCUT2D eigenvalue weighted by atomic mass is 9.90. The predicted octanol–water partition coefficient (Wildman–Crippen LogP) is 1.52. The second-order valence-electron chi connectivity index (χ2n) is 6.32. The maximum Gasteiger partial charge on any atom is 0.269 e. The number of rotatable bonds is 4. The molecule has 2 amide bonds. The van der Waals surface area contributed by atoms with Crippen molar-refractivity contribution in [2.45, 2.75) is 57.2 Å². The summed E-state index contributed by atoms with van der Waals surface area (Å²) in [5.41, 5.74) is 0.872. The fraction of sp³-hybridized carbons (Fsp3) is 0.529. The molecule has 23 heavy (non-hydrogen) atoms. The zero-order valence-electron chi connectivity index (χ0n) is 13.2. The lowest BCUT2D eigenvalue weighted by Gasteiger charge is -2.45. The molecule has 0 spiro atoms. The molecular weight excluding hydrogens is 296 g/mol. The third-order valence-electron chi connectivity index (χ3n) is 4.51.